The standard InChI is InChI=1S/C18H21N3O4/c1-12-16(13(2)21(4)19-12)17(23)18(24)25-11-15(22)20(3)10-14-8-6-5-7-9-14/h5-9H,10-11H2,1-4H3. The summed E-state index contributed by atoms with van der Waals surface area (Å²) in [5.74, 6) is -2.23. The second kappa shape index (κ2) is 7.74. The summed E-state index contributed by atoms with van der Waals surface area (Å²) in [6.45, 7) is 3.25. The smallest absolute Gasteiger partial charge is 0.380 e. The molecule has 1 aromatic carbocycles. The number of esters is 1. The van der Waals surface area contributed by atoms with E-state index in [1.807, 2.05) is 30.3 Å². The number of carbonyl (C=O) groups is 3. The maximum atomic E-state index is 12.2. The number of amides is 1. The van der Waals surface area contributed by atoms with E-state index in [1.54, 1.807) is 27.9 Å². The molecule has 2 aromatic rings. The molecule has 0 aliphatic carbocycles. The van der Waals surface area contributed by atoms with Crippen LogP contribution in [-0.2, 0) is 27.9 Å². The lowest BCUT2D eigenvalue weighted by Gasteiger charge is -2.17. The number of aromatic nitrogens is 2. The molecular weight excluding hydrogens is 322 g/mol. The van der Waals surface area contributed by atoms with Crippen molar-refractivity contribution in [2.45, 2.75) is 20.4 Å². The number of hydrogen-bond donors (Lipinski definition) is 0. The largest absolute Gasteiger partial charge is 0.450 e. The number of ketones is 1. The van der Waals surface area contributed by atoms with Gasteiger partial charge in [-0.15, -0.1) is 0 Å². The van der Waals surface area contributed by atoms with Crippen LogP contribution in [0.25, 0.3) is 0 Å². The number of hydrogen-bond acceptors (Lipinski definition) is 5. The maximum absolute atomic E-state index is 12.2. The van der Waals surface area contributed by atoms with Crippen LogP contribution < -0.4 is 0 Å². The summed E-state index contributed by atoms with van der Waals surface area (Å²) in [6, 6.07) is 9.44. The zero-order valence-electron chi connectivity index (χ0n) is 14.8. The van der Waals surface area contributed by atoms with Gasteiger partial charge in [0.05, 0.1) is 11.3 Å². The number of benzene rings is 1. The molecule has 0 aliphatic rings. The van der Waals surface area contributed by atoms with E-state index >= 15 is 0 Å². The van der Waals surface area contributed by atoms with Crippen molar-refractivity contribution in [3.8, 4) is 0 Å². The summed E-state index contributed by atoms with van der Waals surface area (Å²) in [7, 11) is 3.30. The number of aryl methyl sites for hydroxylation is 2. The molecule has 1 heterocycles. The van der Waals surface area contributed by atoms with Crippen LogP contribution in [0, 0.1) is 13.8 Å². The van der Waals surface area contributed by atoms with Crippen molar-refractivity contribution in [2.75, 3.05) is 13.7 Å². The highest BCUT2D eigenvalue weighted by atomic mass is 16.5. The number of nitrogens with zero attached hydrogens (tertiary/aromatic N) is 3. The molecule has 0 saturated heterocycles. The van der Waals surface area contributed by atoms with Gasteiger partial charge in [-0.2, -0.15) is 5.10 Å². The van der Waals surface area contributed by atoms with Crippen LogP contribution in [0.15, 0.2) is 30.3 Å². The molecule has 2 rings (SSSR count). The third-order valence-corrected chi connectivity index (χ3v) is 3.94. The van der Waals surface area contributed by atoms with Crippen LogP contribution in [0.4, 0.5) is 0 Å². The Bertz CT molecular complexity index is 796. The van der Waals surface area contributed by atoms with Gasteiger partial charge < -0.3 is 9.64 Å². The molecule has 7 nitrogen and oxygen atoms in total. The van der Waals surface area contributed by atoms with E-state index in [0.29, 0.717) is 17.9 Å². The van der Waals surface area contributed by atoms with Crippen LogP contribution in [0.3, 0.4) is 0 Å². The SMILES string of the molecule is Cc1nn(C)c(C)c1C(=O)C(=O)OCC(=O)N(C)Cc1ccccc1. The predicted molar refractivity (Wildman–Crippen MR) is 90.9 cm³/mol. The van der Waals surface area contributed by atoms with Gasteiger partial charge in [-0.1, -0.05) is 30.3 Å². The molecule has 0 atom stereocenters. The molecular formula is C18H21N3O4. The minimum Gasteiger partial charge on any atom is -0.450 e. The first-order valence-corrected chi connectivity index (χ1v) is 7.80. The molecule has 0 bridgehead atoms. The molecule has 1 aromatic heterocycles. The number of likely N-dealkylation sites (N-methyl/N-ethyl adjacent to an activating group) is 1. The van der Waals surface area contributed by atoms with Gasteiger partial charge in [0.2, 0.25) is 0 Å². The van der Waals surface area contributed by atoms with Gasteiger partial charge in [0, 0.05) is 26.3 Å². The van der Waals surface area contributed by atoms with Crippen molar-refractivity contribution < 1.29 is 19.1 Å². The highest BCUT2D eigenvalue weighted by Gasteiger charge is 2.26. The molecule has 0 aliphatic heterocycles. The summed E-state index contributed by atoms with van der Waals surface area (Å²) in [4.78, 5) is 37.7. The van der Waals surface area contributed by atoms with Crippen LogP contribution in [-0.4, -0.2) is 46.0 Å². The average molecular weight is 343 g/mol. The average Bonchev–Trinajstić information content (AvgIpc) is 2.84. The van der Waals surface area contributed by atoms with E-state index in [2.05, 4.69) is 5.10 Å². The monoisotopic (exact) mass is 343 g/mol. The molecule has 25 heavy (non-hydrogen) atoms. The molecule has 0 fully saturated rings. The molecule has 0 spiro atoms. The van der Waals surface area contributed by atoms with Crippen molar-refractivity contribution in [2.24, 2.45) is 7.05 Å². The third kappa shape index (κ3) is 4.32. The molecule has 0 radical (unpaired) electrons. The first kappa shape index (κ1) is 18.4. The van der Waals surface area contributed by atoms with E-state index < -0.39 is 18.4 Å². The zero-order valence-corrected chi connectivity index (χ0v) is 14.8. The summed E-state index contributed by atoms with van der Waals surface area (Å²) < 4.78 is 6.40. The van der Waals surface area contributed by atoms with Gasteiger partial charge >= 0.3 is 5.97 Å². The van der Waals surface area contributed by atoms with Crippen LogP contribution in [0.2, 0.25) is 0 Å². The zero-order chi connectivity index (χ0) is 18.6. The second-order valence-corrected chi connectivity index (χ2v) is 5.81. The van der Waals surface area contributed by atoms with Crippen molar-refractivity contribution in [3.05, 3.63) is 52.8 Å². The lowest BCUT2D eigenvalue weighted by Crippen LogP contribution is -2.32. The van der Waals surface area contributed by atoms with Crippen molar-refractivity contribution in [3.63, 3.8) is 0 Å². The normalized spacial score (nSPS) is 10.4. The highest BCUT2D eigenvalue weighted by Crippen LogP contribution is 2.13. The van der Waals surface area contributed by atoms with Crippen molar-refractivity contribution in [1.29, 1.82) is 0 Å². The molecule has 0 saturated carbocycles. The molecule has 0 N–H and O–H groups in total. The lowest BCUT2D eigenvalue weighted by atomic mass is 10.1. The Kier molecular flexibility index (Phi) is 5.69. The van der Waals surface area contributed by atoms with Gasteiger partial charge in [-0.25, -0.2) is 4.79 Å². The van der Waals surface area contributed by atoms with E-state index in [-0.39, 0.29) is 11.5 Å². The van der Waals surface area contributed by atoms with E-state index in [0.717, 1.165) is 5.56 Å². The van der Waals surface area contributed by atoms with Gasteiger partial charge in [0.1, 0.15) is 0 Å². The van der Waals surface area contributed by atoms with E-state index in [9.17, 15) is 14.4 Å². The minimum absolute atomic E-state index is 0.220. The Hall–Kier alpha value is -2.96. The Labute approximate surface area is 146 Å². The Morgan fingerprint density at radius 3 is 2.36 bits per heavy atom. The van der Waals surface area contributed by atoms with Crippen LogP contribution in [0.1, 0.15) is 27.3 Å². The highest BCUT2D eigenvalue weighted by molar-refractivity contribution is 6.41. The first-order valence-electron chi connectivity index (χ1n) is 7.80. The topological polar surface area (TPSA) is 81.5 Å². The van der Waals surface area contributed by atoms with Gasteiger partial charge in [-0.05, 0) is 19.4 Å². The third-order valence-electron chi connectivity index (χ3n) is 3.94. The molecule has 0 unspecified atom stereocenters. The first-order chi connectivity index (χ1) is 11.8. The van der Waals surface area contributed by atoms with Gasteiger partial charge in [0.15, 0.2) is 6.61 Å². The summed E-state index contributed by atoms with van der Waals surface area (Å²) in [5.41, 5.74) is 2.21. The molecule has 7 heteroatoms. The van der Waals surface area contributed by atoms with E-state index in [4.69, 9.17) is 4.74 Å². The fourth-order valence-electron chi connectivity index (χ4n) is 2.45. The summed E-state index contributed by atoms with van der Waals surface area (Å²) >= 11 is 0. The van der Waals surface area contributed by atoms with Crippen LogP contribution in [0.5, 0.6) is 0 Å². The van der Waals surface area contributed by atoms with Crippen molar-refractivity contribution in [1.82, 2.24) is 14.7 Å². The Balaban J connectivity index is 1.92. The summed E-state index contributed by atoms with van der Waals surface area (Å²) in [6.07, 6.45) is 0. The number of Topliss-reactive ketones (excluding diaryl/α,β-unsaturated/α-hetero) is 1. The molecule has 1 amide bonds. The molecule has 132 valence electrons. The second-order valence-electron chi connectivity index (χ2n) is 5.81. The van der Waals surface area contributed by atoms with Gasteiger partial charge in [0.25, 0.3) is 11.7 Å². The quantitative estimate of drug-likeness (QED) is 0.450. The lowest BCUT2D eigenvalue weighted by molar-refractivity contribution is -0.147. The Morgan fingerprint density at radius 1 is 1.16 bits per heavy atom. The fraction of sp³-hybridized carbons (Fsp3) is 0.333. The fourth-order valence-corrected chi connectivity index (χ4v) is 2.45. The van der Waals surface area contributed by atoms with Crippen molar-refractivity contribution >= 4 is 17.7 Å². The number of rotatable bonds is 6. The number of carbonyl (C=O) groups excluding carboxylic acids is 3. The summed E-state index contributed by atoms with van der Waals surface area (Å²) in [5, 5.41) is 4.10. The maximum Gasteiger partial charge on any atom is 0.380 e. The van der Waals surface area contributed by atoms with E-state index in [1.165, 1.54) is 9.58 Å². The minimum atomic E-state index is -1.05. The predicted octanol–water partition coefficient (Wildman–Crippen LogP) is 1.42. The van der Waals surface area contributed by atoms with Gasteiger partial charge in [-0.3, -0.25) is 14.3 Å². The number of ether oxygens (including phenoxy) is 1. The van der Waals surface area contributed by atoms with Crippen LogP contribution >= 0.6 is 0 Å². The Morgan fingerprint density at radius 2 is 1.80 bits per heavy atom.